The van der Waals surface area contributed by atoms with Crippen LogP contribution < -0.4 is 10.6 Å². The van der Waals surface area contributed by atoms with Crippen molar-refractivity contribution in [3.8, 4) is 0 Å². The van der Waals surface area contributed by atoms with Crippen molar-refractivity contribution in [3.05, 3.63) is 41.6 Å². The van der Waals surface area contributed by atoms with E-state index in [1.165, 1.54) is 25.6 Å². The maximum absolute atomic E-state index is 13.4. The Bertz CT molecular complexity index is 1110. The number of nitrogens with zero attached hydrogens (tertiary/aromatic N) is 6. The Balaban J connectivity index is 1.38. The minimum Gasteiger partial charge on any atom is -0.453 e. The Kier molecular flexibility index (Phi) is 6.76. The fourth-order valence-electron chi connectivity index (χ4n) is 3.35. The quantitative estimate of drug-likeness (QED) is 0.573. The van der Waals surface area contributed by atoms with Crippen molar-refractivity contribution in [2.75, 3.05) is 57.0 Å². The van der Waals surface area contributed by atoms with Gasteiger partial charge in [0.1, 0.15) is 23.2 Å². The van der Waals surface area contributed by atoms with Crippen molar-refractivity contribution in [1.29, 1.82) is 0 Å². The molecule has 1 saturated heterocycles. The fourth-order valence-corrected chi connectivity index (χ4v) is 3.53. The van der Waals surface area contributed by atoms with E-state index in [2.05, 4.69) is 35.5 Å². The van der Waals surface area contributed by atoms with E-state index >= 15 is 0 Å². The lowest BCUT2D eigenvalue weighted by Crippen LogP contribution is -2.49. The molecule has 0 atom stereocenters. The molecule has 1 aliphatic rings. The third kappa shape index (κ3) is 5.11. The number of nitrogens with one attached hydrogen (secondary N) is 2. The molecule has 0 unspecified atom stereocenters. The molecule has 4 rings (SSSR count). The highest BCUT2D eigenvalue weighted by Crippen LogP contribution is 2.25. The maximum Gasteiger partial charge on any atom is 0.409 e. The number of hydrogen-bond acceptors (Lipinski definition) is 9. The Labute approximate surface area is 188 Å². The van der Waals surface area contributed by atoms with E-state index in [0.29, 0.717) is 48.1 Å². The van der Waals surface area contributed by atoms with Crippen LogP contribution >= 0.6 is 11.6 Å². The monoisotopic (exact) mass is 460 g/mol. The van der Waals surface area contributed by atoms with Gasteiger partial charge in [-0.25, -0.2) is 29.1 Å². The Morgan fingerprint density at radius 2 is 2.03 bits per heavy atom. The van der Waals surface area contributed by atoms with Crippen LogP contribution in [0.15, 0.2) is 30.7 Å². The second-order valence-corrected chi connectivity index (χ2v) is 7.54. The molecule has 1 aliphatic heterocycles. The molecule has 168 valence electrons. The van der Waals surface area contributed by atoms with Crippen LogP contribution in [-0.2, 0) is 4.74 Å². The van der Waals surface area contributed by atoms with Crippen molar-refractivity contribution in [3.63, 3.8) is 0 Å². The van der Waals surface area contributed by atoms with Crippen LogP contribution in [0.2, 0.25) is 5.02 Å². The zero-order valence-corrected chi connectivity index (χ0v) is 18.1. The Morgan fingerprint density at radius 1 is 1.22 bits per heavy atom. The zero-order chi connectivity index (χ0) is 22.5. The number of fused-ring (bicyclic) bond motifs is 1. The first-order valence-electron chi connectivity index (χ1n) is 10.0. The Morgan fingerprint density at radius 3 is 2.78 bits per heavy atom. The Hall–Kier alpha value is -3.31. The summed E-state index contributed by atoms with van der Waals surface area (Å²) in [4.78, 5) is 32.8. The molecule has 0 aliphatic carbocycles. The lowest BCUT2D eigenvalue weighted by molar-refractivity contribution is 0.0923. The maximum atomic E-state index is 13.4. The summed E-state index contributed by atoms with van der Waals surface area (Å²) in [5, 5.41) is 6.32. The van der Waals surface area contributed by atoms with E-state index in [4.69, 9.17) is 16.3 Å². The predicted octanol–water partition coefficient (Wildman–Crippen LogP) is 2.75. The highest BCUT2D eigenvalue weighted by atomic mass is 35.5. The molecule has 0 saturated carbocycles. The number of methoxy groups -OCH3 is 1. The van der Waals surface area contributed by atoms with Gasteiger partial charge in [-0.1, -0.05) is 11.6 Å². The van der Waals surface area contributed by atoms with E-state index in [1.807, 2.05) is 0 Å². The third-order valence-corrected chi connectivity index (χ3v) is 5.37. The summed E-state index contributed by atoms with van der Waals surface area (Å²) in [6.07, 6.45) is 2.73. The number of rotatable bonds is 6. The van der Waals surface area contributed by atoms with Crippen LogP contribution in [0, 0.1) is 5.82 Å². The molecule has 0 spiro atoms. The molecule has 0 radical (unpaired) electrons. The number of carbonyl (C=O) groups is 1. The van der Waals surface area contributed by atoms with Crippen LogP contribution in [0.3, 0.4) is 0 Å². The van der Waals surface area contributed by atoms with Gasteiger partial charge < -0.3 is 20.3 Å². The predicted molar refractivity (Wildman–Crippen MR) is 119 cm³/mol. The standard InChI is InChI=1S/C20H22ClFN8O2/c1-32-20(31)30-8-6-29(7-9-30)5-4-23-19-24-11-16-17(28-19)18(26-12-25-16)27-13-2-3-15(22)14(21)10-13/h2-3,10-12H,4-9H2,1H3,(H,23,24,28)(H,25,26,27). The van der Waals surface area contributed by atoms with Gasteiger partial charge in [0.05, 0.1) is 18.3 Å². The van der Waals surface area contributed by atoms with E-state index < -0.39 is 5.82 Å². The van der Waals surface area contributed by atoms with Crippen LogP contribution in [0.4, 0.5) is 26.6 Å². The second-order valence-electron chi connectivity index (χ2n) is 7.13. The molecule has 1 amide bonds. The molecule has 2 N–H and O–H groups in total. The average molecular weight is 461 g/mol. The lowest BCUT2D eigenvalue weighted by Gasteiger charge is -2.33. The molecule has 12 heteroatoms. The SMILES string of the molecule is COC(=O)N1CCN(CCNc2ncc3ncnc(Nc4ccc(F)c(Cl)c4)c3n2)CC1. The second kappa shape index (κ2) is 9.88. The normalized spacial score (nSPS) is 14.4. The highest BCUT2D eigenvalue weighted by molar-refractivity contribution is 6.31. The van der Waals surface area contributed by atoms with Gasteiger partial charge in [-0.05, 0) is 18.2 Å². The molecule has 2 aromatic heterocycles. The molecule has 10 nitrogen and oxygen atoms in total. The number of halogens is 2. The number of amides is 1. The van der Waals surface area contributed by atoms with Gasteiger partial charge in [0.15, 0.2) is 5.82 Å². The largest absolute Gasteiger partial charge is 0.453 e. The van der Waals surface area contributed by atoms with E-state index in [0.717, 1.165) is 19.6 Å². The minimum atomic E-state index is -0.495. The number of carbonyl (C=O) groups excluding carboxylic acids is 1. The smallest absolute Gasteiger partial charge is 0.409 e. The molecule has 1 fully saturated rings. The number of piperazine rings is 1. The number of ether oxygens (including phenoxy) is 1. The molecular weight excluding hydrogens is 439 g/mol. The van der Waals surface area contributed by atoms with Gasteiger partial charge in [0.2, 0.25) is 5.95 Å². The summed E-state index contributed by atoms with van der Waals surface area (Å²) in [7, 11) is 1.39. The molecule has 3 heterocycles. The topological polar surface area (TPSA) is 108 Å². The molecule has 32 heavy (non-hydrogen) atoms. The van der Waals surface area contributed by atoms with Crippen molar-refractivity contribution in [2.45, 2.75) is 0 Å². The molecular formula is C20H22ClFN8O2. The summed E-state index contributed by atoms with van der Waals surface area (Å²) >= 11 is 5.86. The van der Waals surface area contributed by atoms with Gasteiger partial charge in [-0.2, -0.15) is 0 Å². The lowest BCUT2D eigenvalue weighted by atomic mass is 10.3. The van der Waals surface area contributed by atoms with Gasteiger partial charge >= 0.3 is 6.09 Å². The van der Waals surface area contributed by atoms with Gasteiger partial charge in [0, 0.05) is 45.0 Å². The molecule has 0 bridgehead atoms. The summed E-state index contributed by atoms with van der Waals surface area (Å²) in [5.41, 5.74) is 1.67. The summed E-state index contributed by atoms with van der Waals surface area (Å²) in [6.45, 7) is 4.24. The number of aromatic nitrogens is 4. The number of anilines is 3. The van der Waals surface area contributed by atoms with Crippen LogP contribution in [-0.4, -0.2) is 82.2 Å². The first-order valence-corrected chi connectivity index (χ1v) is 10.4. The summed E-state index contributed by atoms with van der Waals surface area (Å²) < 4.78 is 18.2. The van der Waals surface area contributed by atoms with E-state index in [1.54, 1.807) is 17.2 Å². The van der Waals surface area contributed by atoms with Gasteiger partial charge in [-0.3, -0.25) is 4.90 Å². The van der Waals surface area contributed by atoms with Crippen molar-refractivity contribution in [1.82, 2.24) is 29.7 Å². The highest BCUT2D eigenvalue weighted by Gasteiger charge is 2.21. The number of benzene rings is 1. The average Bonchev–Trinajstić information content (AvgIpc) is 2.82. The number of hydrogen-bond donors (Lipinski definition) is 2. The minimum absolute atomic E-state index is 0.0118. The van der Waals surface area contributed by atoms with Crippen molar-refractivity contribution >= 4 is 46.2 Å². The van der Waals surface area contributed by atoms with Gasteiger partial charge in [-0.15, -0.1) is 0 Å². The van der Waals surface area contributed by atoms with Crippen LogP contribution in [0.1, 0.15) is 0 Å². The first kappa shape index (κ1) is 21.9. The third-order valence-electron chi connectivity index (χ3n) is 5.08. The van der Waals surface area contributed by atoms with Crippen molar-refractivity contribution < 1.29 is 13.9 Å². The van der Waals surface area contributed by atoms with Crippen LogP contribution in [0.25, 0.3) is 11.0 Å². The summed E-state index contributed by atoms with van der Waals surface area (Å²) in [6, 6.07) is 4.32. The first-order chi connectivity index (χ1) is 15.5. The zero-order valence-electron chi connectivity index (χ0n) is 17.4. The summed E-state index contributed by atoms with van der Waals surface area (Å²) in [5.74, 6) is 0.410. The van der Waals surface area contributed by atoms with E-state index in [-0.39, 0.29) is 11.1 Å². The molecule has 3 aromatic rings. The fraction of sp³-hybridized carbons (Fsp3) is 0.350. The van der Waals surface area contributed by atoms with Gasteiger partial charge in [0.25, 0.3) is 0 Å². The van der Waals surface area contributed by atoms with Crippen LogP contribution in [0.5, 0.6) is 0 Å². The van der Waals surface area contributed by atoms with E-state index in [9.17, 15) is 9.18 Å². The molecule has 1 aromatic carbocycles. The van der Waals surface area contributed by atoms with Crippen molar-refractivity contribution in [2.24, 2.45) is 0 Å².